The standard InChI is InChI=1S/C19H14N2O6S2/c22-17(23)10-20-18(24)16(29-19(20)28)9-12-3-7-15(8-4-12)27-11-13-1-5-14(6-2-13)21(25)26/h1-9H,10-11H2,(H,22,23)/b16-9+. The molecule has 2 aromatic rings. The van der Waals surface area contributed by atoms with E-state index in [0.29, 0.717) is 10.7 Å². The number of carboxylic acid groups (broad SMARTS) is 1. The Morgan fingerprint density at radius 1 is 1.21 bits per heavy atom. The minimum atomic E-state index is -1.13. The Morgan fingerprint density at radius 2 is 1.86 bits per heavy atom. The number of carbonyl (C=O) groups excluding carboxylic acids is 1. The third-order valence-corrected chi connectivity index (χ3v) is 5.28. The van der Waals surface area contributed by atoms with Crippen LogP contribution in [0.1, 0.15) is 11.1 Å². The van der Waals surface area contributed by atoms with Crippen LogP contribution in [0.25, 0.3) is 6.08 Å². The Labute approximate surface area is 174 Å². The second-order valence-electron chi connectivity index (χ2n) is 5.94. The number of amides is 1. The fourth-order valence-electron chi connectivity index (χ4n) is 2.46. The second-order valence-corrected chi connectivity index (χ2v) is 7.62. The smallest absolute Gasteiger partial charge is 0.323 e. The molecule has 0 bridgehead atoms. The maximum Gasteiger partial charge on any atom is 0.323 e. The molecule has 0 atom stereocenters. The number of nitro groups is 1. The van der Waals surface area contributed by atoms with Crippen LogP contribution in [0, 0.1) is 10.1 Å². The molecule has 1 amide bonds. The van der Waals surface area contributed by atoms with E-state index in [1.54, 1.807) is 42.5 Å². The lowest BCUT2D eigenvalue weighted by Crippen LogP contribution is -2.33. The summed E-state index contributed by atoms with van der Waals surface area (Å²) >= 11 is 6.12. The van der Waals surface area contributed by atoms with Crippen molar-refractivity contribution in [1.29, 1.82) is 0 Å². The molecule has 3 rings (SSSR count). The first kappa shape index (κ1) is 20.5. The third kappa shape index (κ3) is 5.18. The highest BCUT2D eigenvalue weighted by atomic mass is 32.2. The second kappa shape index (κ2) is 8.84. The first-order valence-corrected chi connectivity index (χ1v) is 9.49. The van der Waals surface area contributed by atoms with Gasteiger partial charge in [0.15, 0.2) is 0 Å². The number of rotatable bonds is 7. The molecule has 1 saturated heterocycles. The fraction of sp³-hybridized carbons (Fsp3) is 0.105. The van der Waals surface area contributed by atoms with E-state index in [2.05, 4.69) is 0 Å². The molecule has 0 radical (unpaired) electrons. The lowest BCUT2D eigenvalue weighted by molar-refractivity contribution is -0.384. The Hall–Kier alpha value is -3.24. The Morgan fingerprint density at radius 3 is 2.45 bits per heavy atom. The van der Waals surface area contributed by atoms with Gasteiger partial charge in [-0.2, -0.15) is 0 Å². The maximum atomic E-state index is 12.3. The van der Waals surface area contributed by atoms with Crippen molar-refractivity contribution in [2.24, 2.45) is 0 Å². The Balaban J connectivity index is 1.62. The highest BCUT2D eigenvalue weighted by Crippen LogP contribution is 2.32. The van der Waals surface area contributed by atoms with Crippen molar-refractivity contribution in [3.8, 4) is 5.75 Å². The SMILES string of the molecule is O=C(O)CN1C(=O)/C(=C\c2ccc(OCc3ccc([N+](=O)[O-])cc3)cc2)SC1=S. The number of hydrogen-bond acceptors (Lipinski definition) is 7. The molecule has 10 heteroatoms. The average Bonchev–Trinajstić information content (AvgIpc) is 2.95. The number of aliphatic carboxylic acids is 1. The number of hydrogen-bond donors (Lipinski definition) is 1. The largest absolute Gasteiger partial charge is 0.489 e. The molecule has 0 aliphatic carbocycles. The summed E-state index contributed by atoms with van der Waals surface area (Å²) in [5.74, 6) is -0.961. The summed E-state index contributed by atoms with van der Waals surface area (Å²) < 4.78 is 5.87. The van der Waals surface area contributed by atoms with Crippen LogP contribution in [0.5, 0.6) is 5.75 Å². The number of benzene rings is 2. The van der Waals surface area contributed by atoms with E-state index in [1.807, 2.05) is 0 Å². The number of carboxylic acids is 1. The van der Waals surface area contributed by atoms with Crippen molar-refractivity contribution in [1.82, 2.24) is 4.90 Å². The van der Waals surface area contributed by atoms with Gasteiger partial charge in [0, 0.05) is 12.1 Å². The van der Waals surface area contributed by atoms with Crippen LogP contribution in [0.3, 0.4) is 0 Å². The summed E-state index contributed by atoms with van der Waals surface area (Å²) in [6.45, 7) is -0.206. The molecular formula is C19H14N2O6S2. The van der Waals surface area contributed by atoms with Gasteiger partial charge in [0.25, 0.3) is 11.6 Å². The van der Waals surface area contributed by atoms with Crippen LogP contribution < -0.4 is 4.74 Å². The van der Waals surface area contributed by atoms with Crippen molar-refractivity contribution in [2.45, 2.75) is 6.61 Å². The topological polar surface area (TPSA) is 110 Å². The normalized spacial score (nSPS) is 15.0. The summed E-state index contributed by atoms with van der Waals surface area (Å²) in [6.07, 6.45) is 1.64. The molecule has 1 heterocycles. The van der Waals surface area contributed by atoms with E-state index in [4.69, 9.17) is 22.1 Å². The van der Waals surface area contributed by atoms with Crippen LogP contribution >= 0.6 is 24.0 Å². The third-order valence-electron chi connectivity index (χ3n) is 3.90. The average molecular weight is 430 g/mol. The monoisotopic (exact) mass is 430 g/mol. The van der Waals surface area contributed by atoms with E-state index in [1.165, 1.54) is 12.1 Å². The molecule has 1 aliphatic rings. The molecule has 1 aliphatic heterocycles. The van der Waals surface area contributed by atoms with Gasteiger partial charge in [-0.15, -0.1) is 0 Å². The molecule has 29 heavy (non-hydrogen) atoms. The molecule has 1 N–H and O–H groups in total. The lowest BCUT2D eigenvalue weighted by atomic mass is 10.2. The maximum absolute atomic E-state index is 12.3. The van der Waals surface area contributed by atoms with Crippen molar-refractivity contribution in [3.05, 3.63) is 74.7 Å². The van der Waals surface area contributed by atoms with Crippen molar-refractivity contribution in [2.75, 3.05) is 6.54 Å². The summed E-state index contributed by atoms with van der Waals surface area (Å²) in [7, 11) is 0. The summed E-state index contributed by atoms with van der Waals surface area (Å²) in [4.78, 5) is 34.7. The van der Waals surface area contributed by atoms with Gasteiger partial charge < -0.3 is 9.84 Å². The highest BCUT2D eigenvalue weighted by molar-refractivity contribution is 8.26. The van der Waals surface area contributed by atoms with Gasteiger partial charge in [0.2, 0.25) is 0 Å². The molecule has 148 valence electrons. The zero-order chi connectivity index (χ0) is 21.0. The highest BCUT2D eigenvalue weighted by Gasteiger charge is 2.33. The predicted molar refractivity (Wildman–Crippen MR) is 111 cm³/mol. The number of thioether (sulfide) groups is 1. The van der Waals surface area contributed by atoms with Gasteiger partial charge in [-0.3, -0.25) is 24.6 Å². The lowest BCUT2D eigenvalue weighted by Gasteiger charge is -2.10. The number of thiocarbonyl (C=S) groups is 1. The molecule has 0 saturated carbocycles. The fourth-order valence-corrected chi connectivity index (χ4v) is 3.72. The molecule has 8 nitrogen and oxygen atoms in total. The van der Waals surface area contributed by atoms with Crippen molar-refractivity contribution in [3.63, 3.8) is 0 Å². The van der Waals surface area contributed by atoms with E-state index >= 15 is 0 Å². The number of ether oxygens (including phenoxy) is 1. The van der Waals surface area contributed by atoms with Crippen LogP contribution in [-0.2, 0) is 16.2 Å². The first-order valence-electron chi connectivity index (χ1n) is 8.27. The number of nitro benzene ring substituents is 1. The molecule has 0 unspecified atom stereocenters. The van der Waals surface area contributed by atoms with Gasteiger partial charge in [-0.05, 0) is 41.5 Å². The molecular weight excluding hydrogens is 416 g/mol. The van der Waals surface area contributed by atoms with Gasteiger partial charge in [0.05, 0.1) is 9.83 Å². The quantitative estimate of drug-likeness (QED) is 0.308. The molecule has 1 fully saturated rings. The Kier molecular flexibility index (Phi) is 6.25. The zero-order valence-electron chi connectivity index (χ0n) is 14.8. The Bertz CT molecular complexity index is 1000. The van der Waals surface area contributed by atoms with Crippen LogP contribution in [0.2, 0.25) is 0 Å². The molecule has 0 aromatic heterocycles. The van der Waals surface area contributed by atoms with Crippen LogP contribution in [0.15, 0.2) is 53.4 Å². The van der Waals surface area contributed by atoms with Crippen molar-refractivity contribution < 1.29 is 24.4 Å². The van der Waals surface area contributed by atoms with Crippen LogP contribution in [0.4, 0.5) is 5.69 Å². The van der Waals surface area contributed by atoms with Crippen molar-refractivity contribution >= 4 is 51.9 Å². The molecule has 2 aromatic carbocycles. The summed E-state index contributed by atoms with van der Waals surface area (Å²) in [5, 5.41) is 19.5. The first-order chi connectivity index (χ1) is 13.8. The zero-order valence-corrected chi connectivity index (χ0v) is 16.4. The van der Waals surface area contributed by atoms with Crippen LogP contribution in [-0.4, -0.2) is 37.7 Å². The number of nitrogens with zero attached hydrogens (tertiary/aromatic N) is 2. The molecule has 0 spiro atoms. The van der Waals surface area contributed by atoms with E-state index in [0.717, 1.165) is 27.8 Å². The summed E-state index contributed by atoms with van der Waals surface area (Å²) in [6, 6.07) is 13.1. The summed E-state index contributed by atoms with van der Waals surface area (Å²) in [5.41, 5.74) is 1.55. The number of carbonyl (C=O) groups is 2. The minimum Gasteiger partial charge on any atom is -0.489 e. The van der Waals surface area contributed by atoms with Gasteiger partial charge in [0.1, 0.15) is 23.2 Å². The van der Waals surface area contributed by atoms with E-state index in [-0.39, 0.29) is 16.6 Å². The van der Waals surface area contributed by atoms with E-state index in [9.17, 15) is 19.7 Å². The predicted octanol–water partition coefficient (Wildman–Crippen LogP) is 3.46. The minimum absolute atomic E-state index is 0.0203. The van der Waals surface area contributed by atoms with Gasteiger partial charge in [-0.25, -0.2) is 0 Å². The van der Waals surface area contributed by atoms with Gasteiger partial charge >= 0.3 is 5.97 Å². The number of non-ortho nitro benzene ring substituents is 1. The van der Waals surface area contributed by atoms with Gasteiger partial charge in [-0.1, -0.05) is 36.1 Å². The van der Waals surface area contributed by atoms with E-state index < -0.39 is 23.3 Å².